The molecule has 0 aromatic carbocycles. The summed E-state index contributed by atoms with van der Waals surface area (Å²) in [6, 6.07) is 3.82. The lowest BCUT2D eigenvalue weighted by Gasteiger charge is -2.43. The molecule has 116 valence electrons. The highest BCUT2D eigenvalue weighted by atomic mass is 32.1. The van der Waals surface area contributed by atoms with Gasteiger partial charge < -0.3 is 15.7 Å². The Hall–Kier alpha value is -0.910. The smallest absolute Gasteiger partial charge is 0.223 e. The van der Waals surface area contributed by atoms with Crippen LogP contribution in [0, 0.1) is 5.92 Å². The van der Waals surface area contributed by atoms with E-state index in [-0.39, 0.29) is 23.9 Å². The number of carbonyl (C=O) groups excluding carboxylic acids is 1. The van der Waals surface area contributed by atoms with Gasteiger partial charge in [0.15, 0.2) is 0 Å². The second-order valence-electron chi connectivity index (χ2n) is 6.52. The molecule has 4 nitrogen and oxygen atoms in total. The molecule has 1 aromatic heterocycles. The lowest BCUT2D eigenvalue weighted by Crippen LogP contribution is -2.62. The number of rotatable bonds is 3. The minimum absolute atomic E-state index is 0.000830. The Morgan fingerprint density at radius 2 is 2.24 bits per heavy atom. The fourth-order valence-electron chi connectivity index (χ4n) is 3.54. The average Bonchev–Trinajstić information content (AvgIpc) is 3.13. The fourth-order valence-corrected chi connectivity index (χ4v) is 4.38. The van der Waals surface area contributed by atoms with E-state index in [4.69, 9.17) is 0 Å². The van der Waals surface area contributed by atoms with E-state index < -0.39 is 5.60 Å². The molecule has 2 heterocycles. The molecule has 0 bridgehead atoms. The van der Waals surface area contributed by atoms with E-state index in [2.05, 4.69) is 16.7 Å². The van der Waals surface area contributed by atoms with Crippen LogP contribution in [0.15, 0.2) is 17.5 Å². The van der Waals surface area contributed by atoms with E-state index in [1.807, 2.05) is 18.4 Å². The maximum atomic E-state index is 12.5. The second-order valence-corrected chi connectivity index (χ2v) is 7.50. The lowest BCUT2D eigenvalue weighted by molar-refractivity contribution is -0.129. The molecule has 1 aliphatic heterocycles. The number of aliphatic hydroxyl groups is 1. The molecule has 1 saturated carbocycles. The maximum absolute atomic E-state index is 12.5. The maximum Gasteiger partial charge on any atom is 0.223 e. The van der Waals surface area contributed by atoms with Gasteiger partial charge in [-0.05, 0) is 44.2 Å². The van der Waals surface area contributed by atoms with Crippen LogP contribution >= 0.6 is 11.3 Å². The molecule has 3 N–H and O–H groups in total. The molecule has 1 aliphatic carbocycles. The van der Waals surface area contributed by atoms with Crippen molar-refractivity contribution in [3.63, 3.8) is 0 Å². The van der Waals surface area contributed by atoms with Gasteiger partial charge in [0.1, 0.15) is 0 Å². The Morgan fingerprint density at radius 1 is 1.48 bits per heavy atom. The third kappa shape index (κ3) is 3.15. The van der Waals surface area contributed by atoms with Crippen LogP contribution in [0.2, 0.25) is 0 Å². The van der Waals surface area contributed by atoms with Gasteiger partial charge in [-0.25, -0.2) is 0 Å². The van der Waals surface area contributed by atoms with Crippen LogP contribution in [0.25, 0.3) is 0 Å². The van der Waals surface area contributed by atoms with Crippen molar-refractivity contribution in [3.8, 4) is 0 Å². The van der Waals surface area contributed by atoms with Crippen molar-refractivity contribution in [3.05, 3.63) is 22.4 Å². The van der Waals surface area contributed by atoms with Crippen LogP contribution in [0.3, 0.4) is 0 Å². The molecule has 1 amide bonds. The van der Waals surface area contributed by atoms with Gasteiger partial charge in [0.2, 0.25) is 5.91 Å². The summed E-state index contributed by atoms with van der Waals surface area (Å²) in [5.41, 5.74) is -0.867. The summed E-state index contributed by atoms with van der Waals surface area (Å²) in [6.45, 7) is 2.61. The van der Waals surface area contributed by atoms with Crippen LogP contribution in [0.5, 0.6) is 0 Å². The summed E-state index contributed by atoms with van der Waals surface area (Å²) < 4.78 is 0. The molecule has 3 unspecified atom stereocenters. The van der Waals surface area contributed by atoms with E-state index in [1.165, 1.54) is 4.88 Å². The molecular formula is C16H24N2O2S. The molecule has 1 saturated heterocycles. The summed E-state index contributed by atoms with van der Waals surface area (Å²) in [5, 5.41) is 19.4. The predicted molar refractivity (Wildman–Crippen MR) is 84.2 cm³/mol. The highest BCUT2D eigenvalue weighted by Crippen LogP contribution is 2.34. The molecule has 0 radical (unpaired) electrons. The van der Waals surface area contributed by atoms with Gasteiger partial charge in [0.25, 0.3) is 0 Å². The molecule has 21 heavy (non-hydrogen) atoms. The number of thiophene rings is 1. The Morgan fingerprint density at radius 3 is 2.90 bits per heavy atom. The minimum Gasteiger partial charge on any atom is -0.388 e. The zero-order chi connectivity index (χ0) is 14.9. The molecular weight excluding hydrogens is 284 g/mol. The van der Waals surface area contributed by atoms with Gasteiger partial charge in [-0.3, -0.25) is 4.79 Å². The van der Waals surface area contributed by atoms with E-state index in [1.54, 1.807) is 11.3 Å². The molecule has 3 rings (SSSR count). The monoisotopic (exact) mass is 308 g/mol. The van der Waals surface area contributed by atoms with Gasteiger partial charge in [0, 0.05) is 10.8 Å². The van der Waals surface area contributed by atoms with Gasteiger partial charge in [-0.1, -0.05) is 18.9 Å². The van der Waals surface area contributed by atoms with E-state index >= 15 is 0 Å². The van der Waals surface area contributed by atoms with Crippen LogP contribution in [0.4, 0.5) is 0 Å². The topological polar surface area (TPSA) is 61.4 Å². The minimum atomic E-state index is -0.867. The third-order valence-corrected chi connectivity index (χ3v) is 5.83. The number of piperidine rings is 1. The molecule has 2 fully saturated rings. The number of hydrogen-bond acceptors (Lipinski definition) is 4. The Kier molecular flexibility index (Phi) is 4.33. The standard InChI is InChI=1S/C16H24N2O2S/c1-16(20)8-9-17-13(12-7-4-10-21-12)14(16)18-15(19)11-5-2-3-6-11/h4,7,10-11,13-14,17,20H,2-3,5-6,8-9H2,1H3,(H,18,19). The summed E-state index contributed by atoms with van der Waals surface area (Å²) >= 11 is 1.67. The van der Waals surface area contributed by atoms with Crippen LogP contribution in [-0.2, 0) is 4.79 Å². The largest absolute Gasteiger partial charge is 0.388 e. The van der Waals surface area contributed by atoms with Crippen molar-refractivity contribution in [1.29, 1.82) is 0 Å². The fraction of sp³-hybridized carbons (Fsp3) is 0.688. The predicted octanol–water partition coefficient (Wildman–Crippen LogP) is 2.21. The normalized spacial score (nSPS) is 34.0. The number of hydrogen-bond donors (Lipinski definition) is 3. The first-order chi connectivity index (χ1) is 10.1. The number of nitrogens with one attached hydrogen (secondary N) is 2. The van der Waals surface area contributed by atoms with Crippen LogP contribution < -0.4 is 10.6 Å². The summed E-state index contributed by atoms with van der Waals surface area (Å²) in [7, 11) is 0. The van der Waals surface area contributed by atoms with E-state index in [9.17, 15) is 9.90 Å². The average molecular weight is 308 g/mol. The zero-order valence-corrected chi connectivity index (χ0v) is 13.3. The van der Waals surface area contributed by atoms with Crippen LogP contribution in [-0.4, -0.2) is 29.2 Å². The first kappa shape index (κ1) is 15.0. The van der Waals surface area contributed by atoms with Crippen molar-refractivity contribution < 1.29 is 9.90 Å². The van der Waals surface area contributed by atoms with Crippen LogP contribution in [0.1, 0.15) is 49.9 Å². The number of carbonyl (C=O) groups is 1. The quantitative estimate of drug-likeness (QED) is 0.802. The van der Waals surface area contributed by atoms with Crippen molar-refractivity contribution in [2.75, 3.05) is 6.54 Å². The van der Waals surface area contributed by atoms with Crippen molar-refractivity contribution in [1.82, 2.24) is 10.6 Å². The third-order valence-electron chi connectivity index (χ3n) is 4.87. The molecule has 5 heteroatoms. The summed E-state index contributed by atoms with van der Waals surface area (Å²) in [5.74, 6) is 0.245. The van der Waals surface area contributed by atoms with Gasteiger partial charge in [-0.2, -0.15) is 0 Å². The molecule has 2 aliphatic rings. The Labute approximate surface area is 129 Å². The highest BCUT2D eigenvalue weighted by molar-refractivity contribution is 7.10. The van der Waals surface area contributed by atoms with Gasteiger partial charge in [-0.15, -0.1) is 11.3 Å². The first-order valence-corrected chi connectivity index (χ1v) is 8.75. The SMILES string of the molecule is CC1(O)CCNC(c2cccs2)C1NC(=O)C1CCCC1. The molecule has 3 atom stereocenters. The second kappa shape index (κ2) is 6.07. The number of amides is 1. The summed E-state index contributed by atoms with van der Waals surface area (Å²) in [4.78, 5) is 13.6. The molecule has 1 aromatic rings. The summed E-state index contributed by atoms with van der Waals surface area (Å²) in [6.07, 6.45) is 4.91. The zero-order valence-electron chi connectivity index (χ0n) is 12.5. The lowest BCUT2D eigenvalue weighted by atomic mass is 9.83. The molecule has 0 spiro atoms. The van der Waals surface area contributed by atoms with E-state index in [0.717, 1.165) is 32.2 Å². The van der Waals surface area contributed by atoms with Crippen molar-refractivity contribution >= 4 is 17.2 Å². The van der Waals surface area contributed by atoms with Gasteiger partial charge in [0.05, 0.1) is 17.7 Å². The first-order valence-electron chi connectivity index (χ1n) is 7.87. The van der Waals surface area contributed by atoms with Crippen molar-refractivity contribution in [2.24, 2.45) is 5.92 Å². The Bertz CT molecular complexity index is 480. The van der Waals surface area contributed by atoms with E-state index in [0.29, 0.717) is 6.42 Å². The highest BCUT2D eigenvalue weighted by Gasteiger charge is 2.43. The Balaban J connectivity index is 1.77. The van der Waals surface area contributed by atoms with Crippen molar-refractivity contribution in [2.45, 2.75) is 56.7 Å². The van der Waals surface area contributed by atoms with Gasteiger partial charge >= 0.3 is 0 Å².